The highest BCUT2D eigenvalue weighted by Gasteiger charge is 2.00. The van der Waals surface area contributed by atoms with Crippen molar-refractivity contribution in [3.8, 4) is 23.1 Å². The van der Waals surface area contributed by atoms with E-state index in [2.05, 4.69) is 4.98 Å². The van der Waals surface area contributed by atoms with Gasteiger partial charge in [-0.2, -0.15) is 0 Å². The molecule has 24 heavy (non-hydrogen) atoms. The van der Waals surface area contributed by atoms with E-state index >= 15 is 0 Å². The van der Waals surface area contributed by atoms with Crippen LogP contribution in [0.25, 0.3) is 0 Å². The van der Waals surface area contributed by atoms with Crippen LogP contribution in [0.5, 0.6) is 23.1 Å². The summed E-state index contributed by atoms with van der Waals surface area (Å²) in [5.41, 5.74) is 0. The van der Waals surface area contributed by atoms with E-state index in [0.717, 1.165) is 17.2 Å². The molecule has 0 saturated heterocycles. The number of nitrogens with zero attached hydrogens (tertiary/aromatic N) is 1. The zero-order valence-electron chi connectivity index (χ0n) is 12.9. The Balaban J connectivity index is 1.44. The Hall–Kier alpha value is -2.72. The van der Waals surface area contributed by atoms with Crippen LogP contribution in [0.4, 0.5) is 0 Å². The van der Waals surface area contributed by atoms with E-state index in [1.54, 1.807) is 18.2 Å². The van der Waals surface area contributed by atoms with Crippen LogP contribution in [-0.2, 0) is 0 Å². The lowest BCUT2D eigenvalue weighted by Gasteiger charge is -2.09. The number of aromatic nitrogens is 1. The zero-order valence-corrected chi connectivity index (χ0v) is 13.6. The molecule has 4 nitrogen and oxygen atoms in total. The number of benzene rings is 2. The Morgan fingerprint density at radius 2 is 1.33 bits per heavy atom. The highest BCUT2D eigenvalue weighted by molar-refractivity contribution is 6.29. The number of ether oxygens (including phenoxy) is 3. The third-order valence-electron chi connectivity index (χ3n) is 3.09. The van der Waals surface area contributed by atoms with Gasteiger partial charge in [0.05, 0.1) is 0 Å². The molecule has 5 heteroatoms. The second kappa shape index (κ2) is 8.22. The summed E-state index contributed by atoms with van der Waals surface area (Å²) in [6.45, 7) is 0.794. The van der Waals surface area contributed by atoms with Gasteiger partial charge in [-0.05, 0) is 42.5 Å². The monoisotopic (exact) mass is 341 g/mol. The Bertz CT molecular complexity index is 763. The molecule has 1 aromatic heterocycles. The van der Waals surface area contributed by atoms with Crippen molar-refractivity contribution in [2.45, 2.75) is 0 Å². The van der Waals surface area contributed by atoms with Crippen LogP contribution in [0.3, 0.4) is 0 Å². The average molecular weight is 342 g/mol. The molecule has 0 aliphatic carbocycles. The molecule has 0 unspecified atom stereocenters. The lowest BCUT2D eigenvalue weighted by molar-refractivity contribution is 0.212. The van der Waals surface area contributed by atoms with Gasteiger partial charge in [-0.3, -0.25) is 0 Å². The topological polar surface area (TPSA) is 40.6 Å². The van der Waals surface area contributed by atoms with Gasteiger partial charge >= 0.3 is 0 Å². The minimum Gasteiger partial charge on any atom is -0.490 e. The molecular weight excluding hydrogens is 326 g/mol. The van der Waals surface area contributed by atoms with Crippen LogP contribution in [0.2, 0.25) is 5.15 Å². The van der Waals surface area contributed by atoms with Crippen molar-refractivity contribution in [1.29, 1.82) is 0 Å². The third-order valence-corrected chi connectivity index (χ3v) is 3.30. The van der Waals surface area contributed by atoms with Crippen molar-refractivity contribution in [3.63, 3.8) is 0 Å². The fourth-order valence-corrected chi connectivity index (χ4v) is 2.16. The van der Waals surface area contributed by atoms with Gasteiger partial charge in [0.2, 0.25) is 5.88 Å². The fraction of sp³-hybridized carbons (Fsp3) is 0.105. The summed E-state index contributed by atoms with van der Waals surface area (Å²) in [5, 5.41) is 0.405. The Morgan fingerprint density at radius 1 is 0.667 bits per heavy atom. The number of halogens is 1. The summed E-state index contributed by atoms with van der Waals surface area (Å²) in [6, 6.07) is 22.3. The number of hydrogen-bond donors (Lipinski definition) is 0. The van der Waals surface area contributed by atoms with Crippen molar-refractivity contribution in [2.75, 3.05) is 13.2 Å². The van der Waals surface area contributed by atoms with Crippen LogP contribution >= 0.6 is 11.6 Å². The molecule has 0 aliphatic heterocycles. The quantitative estimate of drug-likeness (QED) is 0.448. The molecule has 0 atom stereocenters. The molecule has 122 valence electrons. The van der Waals surface area contributed by atoms with Crippen molar-refractivity contribution < 1.29 is 14.2 Å². The molecule has 0 spiro atoms. The smallest absolute Gasteiger partial charge is 0.214 e. The minimum atomic E-state index is 0.385. The molecule has 0 saturated carbocycles. The standard InChI is InChI=1S/C19H16ClNO3/c20-18-7-4-8-19(21-18)23-14-13-22-15-9-11-17(12-10-15)24-16-5-2-1-3-6-16/h1-12H,13-14H2. The Labute approximate surface area is 145 Å². The lowest BCUT2D eigenvalue weighted by atomic mass is 10.3. The molecule has 3 rings (SSSR count). The zero-order chi connectivity index (χ0) is 16.6. The van der Waals surface area contributed by atoms with E-state index < -0.39 is 0 Å². The summed E-state index contributed by atoms with van der Waals surface area (Å²) >= 11 is 5.79. The first-order valence-electron chi connectivity index (χ1n) is 7.51. The predicted octanol–water partition coefficient (Wildman–Crippen LogP) is 4.99. The first kappa shape index (κ1) is 16.1. The minimum absolute atomic E-state index is 0.385. The molecule has 1 heterocycles. The van der Waals surface area contributed by atoms with Gasteiger partial charge in [-0.1, -0.05) is 35.9 Å². The van der Waals surface area contributed by atoms with Crippen LogP contribution in [-0.4, -0.2) is 18.2 Å². The maximum Gasteiger partial charge on any atom is 0.214 e. The number of hydrogen-bond acceptors (Lipinski definition) is 4. The van der Waals surface area contributed by atoms with Crippen LogP contribution in [0.1, 0.15) is 0 Å². The predicted molar refractivity (Wildman–Crippen MR) is 93.2 cm³/mol. The molecule has 0 fully saturated rings. The molecule has 0 amide bonds. The van der Waals surface area contributed by atoms with E-state index in [0.29, 0.717) is 24.2 Å². The van der Waals surface area contributed by atoms with E-state index in [1.807, 2.05) is 54.6 Å². The van der Waals surface area contributed by atoms with Crippen molar-refractivity contribution >= 4 is 11.6 Å². The van der Waals surface area contributed by atoms with Gasteiger partial charge in [0, 0.05) is 6.07 Å². The molecule has 0 aliphatic rings. The molecule has 0 radical (unpaired) electrons. The molecule has 3 aromatic rings. The Kier molecular flexibility index (Phi) is 5.53. The highest BCUT2D eigenvalue weighted by Crippen LogP contribution is 2.23. The summed E-state index contributed by atoms with van der Waals surface area (Å²) in [7, 11) is 0. The number of rotatable bonds is 7. The summed E-state index contributed by atoms with van der Waals surface area (Å²) in [4.78, 5) is 4.04. The molecular formula is C19H16ClNO3. The fourth-order valence-electron chi connectivity index (χ4n) is 2.00. The largest absolute Gasteiger partial charge is 0.490 e. The van der Waals surface area contributed by atoms with E-state index in [9.17, 15) is 0 Å². The van der Waals surface area contributed by atoms with Gasteiger partial charge in [0.25, 0.3) is 0 Å². The SMILES string of the molecule is Clc1cccc(OCCOc2ccc(Oc3ccccc3)cc2)n1. The first-order valence-corrected chi connectivity index (χ1v) is 7.88. The van der Waals surface area contributed by atoms with Crippen molar-refractivity contribution in [1.82, 2.24) is 4.98 Å². The molecule has 0 bridgehead atoms. The average Bonchev–Trinajstić information content (AvgIpc) is 2.61. The van der Waals surface area contributed by atoms with Crippen LogP contribution in [0, 0.1) is 0 Å². The van der Waals surface area contributed by atoms with E-state index in [4.69, 9.17) is 25.8 Å². The van der Waals surface area contributed by atoms with Gasteiger partial charge < -0.3 is 14.2 Å². The first-order chi connectivity index (χ1) is 11.8. The van der Waals surface area contributed by atoms with Gasteiger partial charge in [-0.15, -0.1) is 0 Å². The normalized spacial score (nSPS) is 10.2. The summed E-state index contributed by atoms with van der Waals surface area (Å²) in [6.07, 6.45) is 0. The molecule has 2 aromatic carbocycles. The maximum absolute atomic E-state index is 5.79. The van der Waals surface area contributed by atoms with E-state index in [1.165, 1.54) is 0 Å². The van der Waals surface area contributed by atoms with Crippen molar-refractivity contribution in [3.05, 3.63) is 77.9 Å². The third kappa shape index (κ3) is 4.89. The second-order valence-electron chi connectivity index (χ2n) is 4.88. The Morgan fingerprint density at radius 3 is 2.08 bits per heavy atom. The molecule has 0 N–H and O–H groups in total. The van der Waals surface area contributed by atoms with Crippen molar-refractivity contribution in [2.24, 2.45) is 0 Å². The number of pyridine rings is 1. The summed E-state index contributed by atoms with van der Waals surface area (Å²) < 4.78 is 16.8. The van der Waals surface area contributed by atoms with Crippen LogP contribution < -0.4 is 14.2 Å². The van der Waals surface area contributed by atoms with Crippen LogP contribution in [0.15, 0.2) is 72.8 Å². The van der Waals surface area contributed by atoms with Gasteiger partial charge in [0.15, 0.2) is 0 Å². The second-order valence-corrected chi connectivity index (χ2v) is 5.27. The van der Waals surface area contributed by atoms with E-state index in [-0.39, 0.29) is 0 Å². The lowest BCUT2D eigenvalue weighted by Crippen LogP contribution is -2.09. The van der Waals surface area contributed by atoms with Gasteiger partial charge in [0.1, 0.15) is 35.6 Å². The number of para-hydroxylation sites is 1. The van der Waals surface area contributed by atoms with Gasteiger partial charge in [-0.25, -0.2) is 4.98 Å². The summed E-state index contributed by atoms with van der Waals surface area (Å²) in [5.74, 6) is 2.79. The highest BCUT2D eigenvalue weighted by atomic mass is 35.5. The maximum atomic E-state index is 5.79.